The number of carbonyl (C=O) groups excluding carboxylic acids is 1. The van der Waals surface area contributed by atoms with Gasteiger partial charge in [-0.05, 0) is 42.2 Å². The molecule has 1 N–H and O–H groups in total. The molecule has 8 heteroatoms. The van der Waals surface area contributed by atoms with Crippen molar-refractivity contribution in [2.24, 2.45) is 0 Å². The lowest BCUT2D eigenvalue weighted by molar-refractivity contribution is -0.116. The highest BCUT2D eigenvalue weighted by atomic mass is 16.5. The third-order valence-corrected chi connectivity index (χ3v) is 5.55. The number of allylic oxidation sites excluding steroid dienone is 2. The number of hydrogen-bond acceptors (Lipinski definition) is 7. The molecule has 0 unspecified atom stereocenters. The molecule has 2 atom stereocenters. The lowest BCUT2D eigenvalue weighted by Crippen LogP contribution is -2.33. The number of rotatable bonds is 4. The van der Waals surface area contributed by atoms with Gasteiger partial charge in [0.05, 0.1) is 20.5 Å². The topological polar surface area (TPSA) is 91.4 Å². The number of nitrogens with zero attached hydrogens (tertiary/aromatic N) is 3. The van der Waals surface area contributed by atoms with E-state index in [2.05, 4.69) is 15.4 Å². The quantitative estimate of drug-likeness (QED) is 0.728. The first-order chi connectivity index (χ1) is 14.2. The predicted octanol–water partition coefficient (Wildman–Crippen LogP) is 3.30. The van der Waals surface area contributed by atoms with E-state index in [9.17, 15) is 4.79 Å². The highest BCUT2D eigenvalue weighted by Gasteiger charge is 2.40. The zero-order valence-corrected chi connectivity index (χ0v) is 16.1. The van der Waals surface area contributed by atoms with Crippen molar-refractivity contribution in [1.29, 1.82) is 0 Å². The van der Waals surface area contributed by atoms with Gasteiger partial charge in [-0.3, -0.25) is 4.79 Å². The summed E-state index contributed by atoms with van der Waals surface area (Å²) < 4.78 is 18.1. The number of ketones is 1. The van der Waals surface area contributed by atoms with Crippen LogP contribution in [-0.4, -0.2) is 34.8 Å². The second-order valence-electron chi connectivity index (χ2n) is 7.11. The summed E-state index contributed by atoms with van der Waals surface area (Å²) in [5, 5.41) is 7.61. The Balaban J connectivity index is 1.54. The van der Waals surface area contributed by atoms with Gasteiger partial charge in [0.25, 0.3) is 0 Å². The van der Waals surface area contributed by atoms with Crippen LogP contribution in [0.4, 0.5) is 5.95 Å². The molecule has 8 nitrogen and oxygen atoms in total. The van der Waals surface area contributed by atoms with E-state index in [-0.39, 0.29) is 11.7 Å². The Kier molecular flexibility index (Phi) is 4.12. The Labute approximate surface area is 167 Å². The van der Waals surface area contributed by atoms with Crippen LogP contribution in [0, 0.1) is 0 Å². The van der Waals surface area contributed by atoms with Gasteiger partial charge >= 0.3 is 0 Å². The molecule has 0 saturated heterocycles. The van der Waals surface area contributed by atoms with E-state index >= 15 is 0 Å². The van der Waals surface area contributed by atoms with Gasteiger partial charge in [0.1, 0.15) is 18.1 Å². The summed E-state index contributed by atoms with van der Waals surface area (Å²) in [5.74, 6) is 2.69. The minimum Gasteiger partial charge on any atom is -0.493 e. The fourth-order valence-corrected chi connectivity index (χ4v) is 4.20. The summed E-state index contributed by atoms with van der Waals surface area (Å²) in [7, 11) is 3.22. The van der Waals surface area contributed by atoms with Crippen LogP contribution in [0.5, 0.6) is 11.5 Å². The molecule has 1 aromatic carbocycles. The second-order valence-corrected chi connectivity index (χ2v) is 7.11. The largest absolute Gasteiger partial charge is 0.493 e. The highest BCUT2D eigenvalue weighted by molar-refractivity contribution is 6.00. The average Bonchev–Trinajstić information content (AvgIpc) is 3.43. The fraction of sp³-hybridized carbons (Fsp3) is 0.286. The summed E-state index contributed by atoms with van der Waals surface area (Å²) >= 11 is 0. The number of aromatic nitrogens is 3. The number of nitrogens with one attached hydrogen (secondary N) is 1. The maximum Gasteiger partial charge on any atom is 0.226 e. The summed E-state index contributed by atoms with van der Waals surface area (Å²) in [5.41, 5.74) is 2.59. The molecule has 0 radical (unpaired) electrons. The molecule has 1 aliphatic carbocycles. The van der Waals surface area contributed by atoms with Gasteiger partial charge in [-0.1, -0.05) is 6.07 Å². The lowest BCUT2D eigenvalue weighted by atomic mass is 9.78. The molecule has 1 aliphatic heterocycles. The van der Waals surface area contributed by atoms with Gasteiger partial charge in [0.2, 0.25) is 5.95 Å². The zero-order valence-electron chi connectivity index (χ0n) is 16.1. The van der Waals surface area contributed by atoms with E-state index in [1.54, 1.807) is 25.2 Å². The highest BCUT2D eigenvalue weighted by Crippen LogP contribution is 2.44. The molecule has 0 fully saturated rings. The third kappa shape index (κ3) is 2.79. The van der Waals surface area contributed by atoms with Crippen molar-refractivity contribution in [3.63, 3.8) is 0 Å². The fourth-order valence-electron chi connectivity index (χ4n) is 4.20. The number of fused-ring (bicyclic) bond motifs is 1. The molecule has 0 amide bonds. The molecule has 148 valence electrons. The Hall–Kier alpha value is -3.55. The Morgan fingerprint density at radius 2 is 2.03 bits per heavy atom. The van der Waals surface area contributed by atoms with Gasteiger partial charge in [-0.2, -0.15) is 10.1 Å². The molecule has 2 aliphatic rings. The maximum absolute atomic E-state index is 13.3. The van der Waals surface area contributed by atoms with Crippen molar-refractivity contribution in [3.8, 4) is 11.5 Å². The number of hydrogen-bond donors (Lipinski definition) is 1. The predicted molar refractivity (Wildman–Crippen MR) is 104 cm³/mol. The summed E-state index contributed by atoms with van der Waals surface area (Å²) in [6.07, 6.45) is 4.17. The van der Waals surface area contributed by atoms with E-state index in [0.717, 1.165) is 11.3 Å². The number of benzene rings is 1. The van der Waals surface area contributed by atoms with E-state index in [4.69, 9.17) is 13.9 Å². The van der Waals surface area contributed by atoms with Gasteiger partial charge in [0.15, 0.2) is 17.3 Å². The van der Waals surface area contributed by atoms with E-state index in [1.165, 1.54) is 6.33 Å². The van der Waals surface area contributed by atoms with E-state index in [0.29, 0.717) is 41.6 Å². The molecular weight excluding hydrogens is 372 g/mol. The number of ether oxygens (including phenoxy) is 2. The van der Waals surface area contributed by atoms with Crippen LogP contribution in [0.1, 0.15) is 36.1 Å². The van der Waals surface area contributed by atoms with Gasteiger partial charge in [0, 0.05) is 17.7 Å². The summed E-state index contributed by atoms with van der Waals surface area (Å²) in [6, 6.07) is 9.07. The molecule has 2 aromatic heterocycles. The molecule has 3 heterocycles. The second kappa shape index (κ2) is 6.80. The molecular formula is C21H20N4O4. The van der Waals surface area contributed by atoms with E-state index in [1.807, 2.05) is 30.3 Å². The first-order valence-electron chi connectivity index (χ1n) is 9.37. The minimum absolute atomic E-state index is 0.0280. The monoisotopic (exact) mass is 392 g/mol. The standard InChI is InChI=1S/C21H20N4O4/c1-27-16-6-5-12(10-18(16)28-2)13-8-14-19(15(26)9-13)20(17-4-3-7-29-17)25-21(24-14)22-11-23-25/h3-7,10-11,13,20H,8-9H2,1-2H3,(H,22,23,24)/t13-,20-/m0/s1. The summed E-state index contributed by atoms with van der Waals surface area (Å²) in [4.78, 5) is 17.6. The van der Waals surface area contributed by atoms with Crippen LogP contribution in [-0.2, 0) is 4.79 Å². The average molecular weight is 392 g/mol. The van der Waals surface area contributed by atoms with Crippen LogP contribution in [0.3, 0.4) is 0 Å². The SMILES string of the molecule is COc1ccc([C@@H]2CC(=O)C3=C(C2)Nc2ncnn2[C@H]3c2ccco2)cc1OC. The molecule has 5 rings (SSSR count). The van der Waals surface area contributed by atoms with Crippen molar-refractivity contribution in [2.45, 2.75) is 24.8 Å². The molecule has 0 bridgehead atoms. The lowest BCUT2D eigenvalue weighted by Gasteiger charge is -2.34. The number of methoxy groups -OCH3 is 2. The summed E-state index contributed by atoms with van der Waals surface area (Å²) in [6.45, 7) is 0. The van der Waals surface area contributed by atoms with Crippen molar-refractivity contribution < 1.29 is 18.7 Å². The zero-order chi connectivity index (χ0) is 20.0. The molecule has 0 spiro atoms. The smallest absolute Gasteiger partial charge is 0.226 e. The number of carbonyl (C=O) groups is 1. The van der Waals surface area contributed by atoms with Crippen molar-refractivity contribution in [2.75, 3.05) is 19.5 Å². The van der Waals surface area contributed by atoms with Gasteiger partial charge < -0.3 is 19.2 Å². The first kappa shape index (κ1) is 17.5. The molecule has 29 heavy (non-hydrogen) atoms. The number of furan rings is 1. The molecule has 0 saturated carbocycles. The van der Waals surface area contributed by atoms with Crippen LogP contribution in [0.2, 0.25) is 0 Å². The van der Waals surface area contributed by atoms with Crippen LogP contribution >= 0.6 is 0 Å². The Morgan fingerprint density at radius 3 is 2.79 bits per heavy atom. The van der Waals surface area contributed by atoms with Crippen molar-refractivity contribution >= 4 is 11.7 Å². The van der Waals surface area contributed by atoms with E-state index < -0.39 is 6.04 Å². The minimum atomic E-state index is -0.405. The van der Waals surface area contributed by atoms with Crippen molar-refractivity contribution in [1.82, 2.24) is 14.8 Å². The van der Waals surface area contributed by atoms with Gasteiger partial charge in [-0.25, -0.2) is 4.68 Å². The number of anilines is 1. The van der Waals surface area contributed by atoms with Crippen LogP contribution in [0.25, 0.3) is 0 Å². The van der Waals surface area contributed by atoms with Crippen LogP contribution < -0.4 is 14.8 Å². The Morgan fingerprint density at radius 1 is 1.17 bits per heavy atom. The Bertz CT molecular complexity index is 1100. The number of Topliss-reactive ketones (excluding diaryl/α,β-unsaturated/α-hetero) is 1. The molecule has 3 aromatic rings. The maximum atomic E-state index is 13.3. The van der Waals surface area contributed by atoms with Gasteiger partial charge in [-0.15, -0.1) is 0 Å². The first-order valence-corrected chi connectivity index (χ1v) is 9.37. The van der Waals surface area contributed by atoms with Crippen LogP contribution in [0.15, 0.2) is 58.6 Å². The normalized spacial score (nSPS) is 20.7. The van der Waals surface area contributed by atoms with Crippen molar-refractivity contribution in [3.05, 3.63) is 65.5 Å². The third-order valence-electron chi connectivity index (χ3n) is 5.55.